The Kier molecular flexibility index (Phi) is 4.92. The topological polar surface area (TPSA) is 81.8 Å². The molecule has 1 aromatic carbocycles. The molecule has 0 spiro atoms. The number of urea groups is 1. The summed E-state index contributed by atoms with van der Waals surface area (Å²) in [7, 11) is 0.679. The lowest BCUT2D eigenvalue weighted by atomic mass is 10.2. The molecule has 1 fully saturated rings. The Hall–Kier alpha value is -1.80. The molecular weight excluding hydrogens is 304 g/mol. The second-order valence-corrected chi connectivity index (χ2v) is 7.49. The summed E-state index contributed by atoms with van der Waals surface area (Å²) < 4.78 is 24.9. The second kappa shape index (κ2) is 6.53. The van der Waals surface area contributed by atoms with Crippen LogP contribution in [-0.2, 0) is 10.0 Å². The van der Waals surface area contributed by atoms with Crippen molar-refractivity contribution in [2.75, 3.05) is 43.5 Å². The minimum atomic E-state index is -3.33. The summed E-state index contributed by atoms with van der Waals surface area (Å²) in [5.74, 6) is 0. The molecule has 0 aliphatic carbocycles. The first-order chi connectivity index (χ1) is 10.2. The van der Waals surface area contributed by atoms with Crippen LogP contribution in [0.4, 0.5) is 16.2 Å². The van der Waals surface area contributed by atoms with Gasteiger partial charge in [-0.1, -0.05) is 6.07 Å². The Balaban J connectivity index is 1.99. The number of rotatable bonds is 4. The van der Waals surface area contributed by atoms with E-state index in [1.54, 1.807) is 29.2 Å². The molecule has 2 N–H and O–H groups in total. The van der Waals surface area contributed by atoms with E-state index in [0.717, 1.165) is 19.2 Å². The van der Waals surface area contributed by atoms with Gasteiger partial charge in [-0.15, -0.1) is 0 Å². The van der Waals surface area contributed by atoms with E-state index < -0.39 is 10.0 Å². The largest absolute Gasteiger partial charge is 0.323 e. The fourth-order valence-electron chi connectivity index (χ4n) is 2.42. The smallest absolute Gasteiger partial charge is 0.321 e. The number of hydrogen-bond donors (Lipinski definition) is 2. The van der Waals surface area contributed by atoms with Crippen LogP contribution in [0, 0.1) is 0 Å². The van der Waals surface area contributed by atoms with E-state index in [4.69, 9.17) is 0 Å². The Morgan fingerprint density at radius 1 is 1.32 bits per heavy atom. The fourth-order valence-corrected chi connectivity index (χ4v) is 2.98. The van der Waals surface area contributed by atoms with Gasteiger partial charge in [0.15, 0.2) is 0 Å². The van der Waals surface area contributed by atoms with Crippen LogP contribution in [0.25, 0.3) is 0 Å². The van der Waals surface area contributed by atoms with Crippen molar-refractivity contribution in [1.82, 2.24) is 9.80 Å². The molecule has 2 amide bonds. The van der Waals surface area contributed by atoms with E-state index in [1.165, 1.54) is 0 Å². The zero-order chi connectivity index (χ0) is 16.3. The standard InChI is InChI=1S/C14H22N4O3S/c1-17(2)13-7-8-18(10-13)14(19)15-11-5-4-6-12(9-11)16-22(3,20)21/h4-6,9,13,16H,7-8,10H2,1-3H3,(H,15,19)/t13-/m0/s1. The number of benzene rings is 1. The van der Waals surface area contributed by atoms with Crippen molar-refractivity contribution in [2.45, 2.75) is 12.5 Å². The van der Waals surface area contributed by atoms with Crippen molar-refractivity contribution < 1.29 is 13.2 Å². The van der Waals surface area contributed by atoms with Crippen LogP contribution < -0.4 is 10.0 Å². The van der Waals surface area contributed by atoms with E-state index >= 15 is 0 Å². The van der Waals surface area contributed by atoms with Gasteiger partial charge in [0.05, 0.1) is 11.9 Å². The molecule has 2 rings (SSSR count). The Morgan fingerprint density at radius 2 is 2.00 bits per heavy atom. The number of nitrogens with zero attached hydrogens (tertiary/aromatic N) is 2. The van der Waals surface area contributed by atoms with Crippen LogP contribution in [0.5, 0.6) is 0 Å². The average Bonchev–Trinajstić information content (AvgIpc) is 2.86. The lowest BCUT2D eigenvalue weighted by molar-refractivity contribution is 0.216. The van der Waals surface area contributed by atoms with Gasteiger partial charge >= 0.3 is 6.03 Å². The highest BCUT2D eigenvalue weighted by molar-refractivity contribution is 7.92. The van der Waals surface area contributed by atoms with Crippen LogP contribution in [0.3, 0.4) is 0 Å². The number of nitrogens with one attached hydrogen (secondary N) is 2. The van der Waals surface area contributed by atoms with Crippen LogP contribution in [-0.4, -0.2) is 63.7 Å². The van der Waals surface area contributed by atoms with E-state index in [2.05, 4.69) is 14.9 Å². The number of sulfonamides is 1. The number of hydrogen-bond acceptors (Lipinski definition) is 4. The van der Waals surface area contributed by atoms with Crippen LogP contribution in [0.1, 0.15) is 6.42 Å². The van der Waals surface area contributed by atoms with Crippen LogP contribution in [0.15, 0.2) is 24.3 Å². The maximum absolute atomic E-state index is 12.2. The second-order valence-electron chi connectivity index (χ2n) is 5.74. The fraction of sp³-hybridized carbons (Fsp3) is 0.500. The molecule has 0 saturated carbocycles. The van der Waals surface area contributed by atoms with Gasteiger partial charge < -0.3 is 15.1 Å². The van der Waals surface area contributed by atoms with Crippen LogP contribution in [0.2, 0.25) is 0 Å². The number of carbonyl (C=O) groups excluding carboxylic acids is 1. The first-order valence-corrected chi connectivity index (χ1v) is 8.94. The molecule has 1 aliphatic rings. The summed E-state index contributed by atoms with van der Waals surface area (Å²) in [4.78, 5) is 16.1. The summed E-state index contributed by atoms with van der Waals surface area (Å²) in [5.41, 5.74) is 0.986. The molecule has 1 saturated heterocycles. The minimum absolute atomic E-state index is 0.166. The van der Waals surface area contributed by atoms with E-state index in [-0.39, 0.29) is 6.03 Å². The van der Waals surface area contributed by atoms with Gasteiger partial charge in [-0.3, -0.25) is 4.72 Å². The third-order valence-corrected chi connectivity index (χ3v) is 4.20. The van der Waals surface area contributed by atoms with Gasteiger partial charge in [0.25, 0.3) is 0 Å². The number of likely N-dealkylation sites (tertiary alicyclic amines) is 1. The van der Waals surface area contributed by atoms with Crippen LogP contribution >= 0.6 is 0 Å². The summed E-state index contributed by atoms with van der Waals surface area (Å²) in [6.07, 6.45) is 2.04. The van der Waals surface area contributed by atoms with Gasteiger partial charge in [0.1, 0.15) is 0 Å². The lowest BCUT2D eigenvalue weighted by Gasteiger charge is -2.20. The number of likely N-dealkylation sites (N-methyl/N-ethyl adjacent to an activating group) is 1. The Labute approximate surface area is 131 Å². The van der Waals surface area contributed by atoms with E-state index in [9.17, 15) is 13.2 Å². The number of anilines is 2. The minimum Gasteiger partial charge on any atom is -0.323 e. The van der Waals surface area contributed by atoms with E-state index in [1.807, 2.05) is 14.1 Å². The Bertz CT molecular complexity index is 645. The van der Waals surface area contributed by atoms with Gasteiger partial charge in [-0.2, -0.15) is 0 Å². The summed E-state index contributed by atoms with van der Waals surface area (Å²) in [6, 6.07) is 6.86. The molecule has 122 valence electrons. The molecule has 22 heavy (non-hydrogen) atoms. The molecule has 1 atom stereocenters. The molecule has 0 unspecified atom stereocenters. The zero-order valence-electron chi connectivity index (χ0n) is 13.0. The van der Waals surface area contributed by atoms with Gasteiger partial charge in [0, 0.05) is 24.8 Å². The van der Waals surface area contributed by atoms with Crippen molar-refractivity contribution >= 4 is 27.4 Å². The molecule has 1 aromatic rings. The number of carbonyl (C=O) groups is 1. The maximum atomic E-state index is 12.2. The highest BCUT2D eigenvalue weighted by Gasteiger charge is 2.27. The third kappa shape index (κ3) is 4.60. The summed E-state index contributed by atoms with van der Waals surface area (Å²) in [5, 5.41) is 2.80. The summed E-state index contributed by atoms with van der Waals surface area (Å²) in [6.45, 7) is 1.41. The monoisotopic (exact) mass is 326 g/mol. The predicted octanol–water partition coefficient (Wildman–Crippen LogP) is 1.23. The predicted molar refractivity (Wildman–Crippen MR) is 87.6 cm³/mol. The van der Waals surface area contributed by atoms with Gasteiger partial charge in [-0.05, 0) is 38.7 Å². The molecule has 0 aromatic heterocycles. The quantitative estimate of drug-likeness (QED) is 0.872. The lowest BCUT2D eigenvalue weighted by Crippen LogP contribution is -2.36. The third-order valence-electron chi connectivity index (χ3n) is 3.60. The summed E-state index contributed by atoms with van der Waals surface area (Å²) >= 11 is 0. The molecule has 1 aliphatic heterocycles. The first kappa shape index (κ1) is 16.6. The molecule has 8 heteroatoms. The number of amides is 2. The zero-order valence-corrected chi connectivity index (χ0v) is 13.9. The van der Waals surface area contributed by atoms with Crippen molar-refractivity contribution in [3.05, 3.63) is 24.3 Å². The highest BCUT2D eigenvalue weighted by atomic mass is 32.2. The molecule has 0 bridgehead atoms. The van der Waals surface area contributed by atoms with Crippen molar-refractivity contribution in [3.8, 4) is 0 Å². The molecular formula is C14H22N4O3S. The molecule has 0 radical (unpaired) electrons. The average molecular weight is 326 g/mol. The van der Waals surface area contributed by atoms with Crippen molar-refractivity contribution in [3.63, 3.8) is 0 Å². The highest BCUT2D eigenvalue weighted by Crippen LogP contribution is 2.18. The van der Waals surface area contributed by atoms with Crippen molar-refractivity contribution in [1.29, 1.82) is 0 Å². The normalized spacial score (nSPS) is 18.5. The van der Waals surface area contributed by atoms with Gasteiger partial charge in [0.2, 0.25) is 10.0 Å². The SMILES string of the molecule is CN(C)[C@H]1CCN(C(=O)Nc2cccc(NS(C)(=O)=O)c2)C1. The molecule has 7 nitrogen and oxygen atoms in total. The van der Waals surface area contributed by atoms with Gasteiger partial charge in [-0.25, -0.2) is 13.2 Å². The first-order valence-electron chi connectivity index (χ1n) is 7.05. The Morgan fingerprint density at radius 3 is 2.59 bits per heavy atom. The van der Waals surface area contributed by atoms with Crippen molar-refractivity contribution in [2.24, 2.45) is 0 Å². The maximum Gasteiger partial charge on any atom is 0.321 e. The molecule has 1 heterocycles. The van der Waals surface area contributed by atoms with E-state index in [0.29, 0.717) is 24.0 Å².